The first-order valence-corrected chi connectivity index (χ1v) is 8.72. The largest absolute Gasteiger partial charge is 0.491 e. The molecule has 2 rings (SSSR count). The molecule has 26 heavy (non-hydrogen) atoms. The molecular weight excluding hydrogens is 356 g/mol. The van der Waals surface area contributed by atoms with Gasteiger partial charge in [0.2, 0.25) is 0 Å². The van der Waals surface area contributed by atoms with Crippen molar-refractivity contribution in [3.8, 4) is 5.75 Å². The topological polar surface area (TPSA) is 81.5 Å². The average molecular weight is 377 g/mol. The van der Waals surface area contributed by atoms with Crippen molar-refractivity contribution in [1.82, 2.24) is 5.32 Å². The minimum Gasteiger partial charge on any atom is -0.491 e. The first-order chi connectivity index (χ1) is 12.4. The van der Waals surface area contributed by atoms with Crippen molar-refractivity contribution in [2.75, 3.05) is 6.54 Å². The van der Waals surface area contributed by atoms with E-state index in [0.29, 0.717) is 6.54 Å². The van der Waals surface area contributed by atoms with Crippen molar-refractivity contribution in [3.05, 3.63) is 68.7 Å². The van der Waals surface area contributed by atoms with Crippen LogP contribution in [0.4, 0.5) is 5.69 Å². The van der Waals surface area contributed by atoms with Gasteiger partial charge in [0.15, 0.2) is 0 Å². The van der Waals surface area contributed by atoms with E-state index in [1.54, 1.807) is 0 Å². The lowest BCUT2D eigenvalue weighted by Gasteiger charge is -2.10. The maximum Gasteiger partial charge on any atom is 0.270 e. The van der Waals surface area contributed by atoms with Crippen LogP contribution in [0.25, 0.3) is 0 Å². The fourth-order valence-corrected chi connectivity index (χ4v) is 2.66. The van der Waals surface area contributed by atoms with Crippen LogP contribution in [0.3, 0.4) is 0 Å². The number of nitrogens with zero attached hydrogens (tertiary/aromatic N) is 1. The van der Waals surface area contributed by atoms with E-state index in [0.717, 1.165) is 24.2 Å². The standard InChI is InChI=1S/C19H21ClN2O4/c1-13(2)26-16-8-5-14(6-9-16)4-3-11-21-19(23)17-10-7-15(22(24)25)12-18(17)20/h5-10,12-13H,3-4,11H2,1-2H3,(H,21,23). The number of non-ortho nitro benzene ring substituents is 1. The monoisotopic (exact) mass is 376 g/mol. The van der Waals surface area contributed by atoms with Gasteiger partial charge in [-0.05, 0) is 50.5 Å². The lowest BCUT2D eigenvalue weighted by atomic mass is 10.1. The molecule has 0 saturated heterocycles. The smallest absolute Gasteiger partial charge is 0.270 e. The van der Waals surface area contributed by atoms with Gasteiger partial charge in [-0.1, -0.05) is 23.7 Å². The van der Waals surface area contributed by atoms with Crippen molar-refractivity contribution in [2.45, 2.75) is 32.8 Å². The van der Waals surface area contributed by atoms with Gasteiger partial charge in [-0.2, -0.15) is 0 Å². The maximum atomic E-state index is 12.1. The fourth-order valence-electron chi connectivity index (χ4n) is 2.40. The van der Waals surface area contributed by atoms with Gasteiger partial charge in [0.1, 0.15) is 5.75 Å². The summed E-state index contributed by atoms with van der Waals surface area (Å²) in [4.78, 5) is 22.3. The number of nitro groups is 1. The van der Waals surface area contributed by atoms with Crippen molar-refractivity contribution < 1.29 is 14.5 Å². The van der Waals surface area contributed by atoms with Crippen LogP contribution in [0.2, 0.25) is 5.02 Å². The molecule has 2 aromatic rings. The zero-order valence-corrected chi connectivity index (χ0v) is 15.5. The van der Waals surface area contributed by atoms with Gasteiger partial charge in [-0.3, -0.25) is 14.9 Å². The first-order valence-electron chi connectivity index (χ1n) is 8.34. The fraction of sp³-hybridized carbons (Fsp3) is 0.316. The van der Waals surface area contributed by atoms with Gasteiger partial charge in [0.25, 0.3) is 11.6 Å². The van der Waals surface area contributed by atoms with Crippen molar-refractivity contribution in [2.24, 2.45) is 0 Å². The predicted octanol–water partition coefficient (Wildman–Crippen LogP) is 4.40. The van der Waals surface area contributed by atoms with Crippen LogP contribution in [-0.4, -0.2) is 23.5 Å². The SMILES string of the molecule is CC(C)Oc1ccc(CCCNC(=O)c2ccc([N+](=O)[O-])cc2Cl)cc1. The summed E-state index contributed by atoms with van der Waals surface area (Å²) < 4.78 is 5.60. The molecule has 2 aromatic carbocycles. The van der Waals surface area contributed by atoms with Gasteiger partial charge in [0.05, 0.1) is 21.6 Å². The molecule has 7 heteroatoms. The van der Waals surface area contributed by atoms with E-state index in [9.17, 15) is 14.9 Å². The molecule has 0 radical (unpaired) electrons. The zero-order valence-electron chi connectivity index (χ0n) is 14.7. The van der Waals surface area contributed by atoms with Crippen molar-refractivity contribution in [3.63, 3.8) is 0 Å². The summed E-state index contributed by atoms with van der Waals surface area (Å²) >= 11 is 5.95. The molecule has 0 heterocycles. The number of rotatable bonds is 8. The first kappa shape index (κ1) is 19.7. The number of halogens is 1. The van der Waals surface area contributed by atoms with E-state index in [-0.39, 0.29) is 28.3 Å². The summed E-state index contributed by atoms with van der Waals surface area (Å²) in [7, 11) is 0. The second-order valence-electron chi connectivity index (χ2n) is 6.09. The number of carbonyl (C=O) groups excluding carboxylic acids is 1. The van der Waals surface area contributed by atoms with Crippen molar-refractivity contribution >= 4 is 23.2 Å². The number of benzene rings is 2. The van der Waals surface area contributed by atoms with Gasteiger partial charge >= 0.3 is 0 Å². The molecular formula is C19H21ClN2O4. The molecule has 0 spiro atoms. The number of carbonyl (C=O) groups is 1. The third-order valence-electron chi connectivity index (χ3n) is 3.63. The van der Waals surface area contributed by atoms with E-state index in [4.69, 9.17) is 16.3 Å². The normalized spacial score (nSPS) is 10.6. The maximum absolute atomic E-state index is 12.1. The average Bonchev–Trinajstić information content (AvgIpc) is 2.59. The predicted molar refractivity (Wildman–Crippen MR) is 101 cm³/mol. The Morgan fingerprint density at radius 1 is 1.23 bits per heavy atom. The molecule has 0 saturated carbocycles. The Balaban J connectivity index is 1.80. The Hall–Kier alpha value is -2.60. The number of nitro benzene ring substituents is 1. The van der Waals surface area contributed by atoms with Crippen LogP contribution in [0.1, 0.15) is 36.2 Å². The minimum absolute atomic E-state index is 0.0671. The summed E-state index contributed by atoms with van der Waals surface area (Å²) in [6.45, 7) is 4.44. The van der Waals surface area contributed by atoms with Crippen LogP contribution < -0.4 is 10.1 Å². The molecule has 0 unspecified atom stereocenters. The Labute approximate surface area is 157 Å². The highest BCUT2D eigenvalue weighted by molar-refractivity contribution is 6.34. The number of hydrogen-bond donors (Lipinski definition) is 1. The third-order valence-corrected chi connectivity index (χ3v) is 3.94. The molecule has 0 aliphatic carbocycles. The minimum atomic E-state index is -0.551. The second kappa shape index (κ2) is 9.20. The molecule has 0 fully saturated rings. The number of ether oxygens (including phenoxy) is 1. The van der Waals surface area contributed by atoms with Crippen LogP contribution in [0.15, 0.2) is 42.5 Å². The lowest BCUT2D eigenvalue weighted by Crippen LogP contribution is -2.25. The Bertz CT molecular complexity index is 776. The number of amides is 1. The molecule has 6 nitrogen and oxygen atoms in total. The Morgan fingerprint density at radius 2 is 1.92 bits per heavy atom. The molecule has 0 aliphatic heterocycles. The molecule has 1 amide bonds. The number of nitrogens with one attached hydrogen (secondary N) is 1. The highest BCUT2D eigenvalue weighted by Gasteiger charge is 2.14. The summed E-state index contributed by atoms with van der Waals surface area (Å²) in [5, 5.41) is 13.5. The van der Waals surface area contributed by atoms with Crippen molar-refractivity contribution in [1.29, 1.82) is 0 Å². The molecule has 0 atom stereocenters. The van der Waals surface area contributed by atoms with E-state index in [1.807, 2.05) is 38.1 Å². The van der Waals surface area contributed by atoms with E-state index in [2.05, 4.69) is 5.32 Å². The lowest BCUT2D eigenvalue weighted by molar-refractivity contribution is -0.384. The molecule has 0 aromatic heterocycles. The van der Waals surface area contributed by atoms with Crippen LogP contribution in [0.5, 0.6) is 5.75 Å². The van der Waals surface area contributed by atoms with Crippen LogP contribution >= 0.6 is 11.6 Å². The van der Waals surface area contributed by atoms with Gasteiger partial charge < -0.3 is 10.1 Å². The van der Waals surface area contributed by atoms with E-state index >= 15 is 0 Å². The second-order valence-corrected chi connectivity index (χ2v) is 6.50. The number of hydrogen-bond acceptors (Lipinski definition) is 4. The highest BCUT2D eigenvalue weighted by atomic mass is 35.5. The van der Waals surface area contributed by atoms with Crippen LogP contribution in [0, 0.1) is 10.1 Å². The zero-order chi connectivity index (χ0) is 19.1. The van der Waals surface area contributed by atoms with Gasteiger partial charge in [0, 0.05) is 18.7 Å². The third kappa shape index (κ3) is 5.74. The summed E-state index contributed by atoms with van der Waals surface area (Å²) in [5.74, 6) is 0.496. The van der Waals surface area contributed by atoms with E-state index in [1.165, 1.54) is 18.2 Å². The van der Waals surface area contributed by atoms with Crippen LogP contribution in [-0.2, 0) is 6.42 Å². The summed E-state index contributed by atoms with van der Waals surface area (Å²) in [6, 6.07) is 11.7. The van der Waals surface area contributed by atoms with E-state index < -0.39 is 4.92 Å². The summed E-state index contributed by atoms with van der Waals surface area (Å²) in [5.41, 5.74) is 1.24. The quantitative estimate of drug-likeness (QED) is 0.420. The molecule has 0 aliphatic rings. The number of aryl methyl sites for hydroxylation is 1. The van der Waals surface area contributed by atoms with Gasteiger partial charge in [-0.25, -0.2) is 0 Å². The van der Waals surface area contributed by atoms with Gasteiger partial charge in [-0.15, -0.1) is 0 Å². The molecule has 1 N–H and O–H groups in total. The Kier molecular flexibility index (Phi) is 6.97. The highest BCUT2D eigenvalue weighted by Crippen LogP contribution is 2.22. The molecule has 138 valence electrons. The Morgan fingerprint density at radius 3 is 2.50 bits per heavy atom. The summed E-state index contributed by atoms with van der Waals surface area (Å²) in [6.07, 6.45) is 1.72. The molecule has 0 bridgehead atoms.